The average molecular weight is 192 g/mol. The molecule has 1 aromatic rings. The molecule has 0 N–H and O–H groups in total. The van der Waals surface area contributed by atoms with E-state index in [1.807, 2.05) is 12.3 Å². The van der Waals surface area contributed by atoms with Crippen LogP contribution in [-0.2, 0) is 6.54 Å². The van der Waals surface area contributed by atoms with Gasteiger partial charge in [-0.2, -0.15) is 0 Å². The molecule has 0 spiro atoms. The second-order valence-electron chi connectivity index (χ2n) is 3.63. The van der Waals surface area contributed by atoms with Gasteiger partial charge in [0.25, 0.3) is 0 Å². The highest BCUT2D eigenvalue weighted by Crippen LogP contribution is 2.22. The molecule has 0 aliphatic carbocycles. The third kappa shape index (κ3) is 1.73. The molecule has 1 aromatic heterocycles. The van der Waals surface area contributed by atoms with Crippen molar-refractivity contribution in [3.05, 3.63) is 23.4 Å². The zero-order valence-electron chi connectivity index (χ0n) is 8.79. The Bertz CT molecular complexity index is 325. The maximum absolute atomic E-state index is 5.61. The van der Waals surface area contributed by atoms with Gasteiger partial charge < -0.3 is 4.74 Å². The highest BCUT2D eigenvalue weighted by Gasteiger charge is 2.16. The van der Waals surface area contributed by atoms with Crippen molar-refractivity contribution in [1.82, 2.24) is 9.88 Å². The Hall–Kier alpha value is -1.09. The zero-order chi connectivity index (χ0) is 9.97. The van der Waals surface area contributed by atoms with Gasteiger partial charge >= 0.3 is 0 Å². The van der Waals surface area contributed by atoms with Crippen LogP contribution in [-0.4, -0.2) is 29.6 Å². The van der Waals surface area contributed by atoms with Crippen LogP contribution in [0.15, 0.2) is 12.3 Å². The number of fused-ring (bicyclic) bond motifs is 1. The number of aryl methyl sites for hydroxylation is 1. The van der Waals surface area contributed by atoms with Crippen molar-refractivity contribution in [3.63, 3.8) is 0 Å². The first-order chi connectivity index (χ1) is 6.81. The van der Waals surface area contributed by atoms with Gasteiger partial charge in [0.05, 0.1) is 0 Å². The molecule has 76 valence electrons. The third-order valence-corrected chi connectivity index (χ3v) is 2.73. The van der Waals surface area contributed by atoms with E-state index in [1.54, 1.807) is 0 Å². The lowest BCUT2D eigenvalue weighted by Gasteiger charge is -2.16. The summed E-state index contributed by atoms with van der Waals surface area (Å²) in [6.45, 7) is 8.06. The van der Waals surface area contributed by atoms with E-state index in [1.165, 1.54) is 11.1 Å². The zero-order valence-corrected chi connectivity index (χ0v) is 8.79. The van der Waals surface area contributed by atoms with Crippen molar-refractivity contribution in [3.8, 4) is 5.88 Å². The van der Waals surface area contributed by atoms with Crippen LogP contribution in [0.3, 0.4) is 0 Å². The molecular formula is C11H16N2O. The van der Waals surface area contributed by atoms with Crippen LogP contribution in [0.5, 0.6) is 5.88 Å². The number of nitrogens with zero attached hydrogens (tertiary/aromatic N) is 2. The molecule has 1 aliphatic rings. The fourth-order valence-electron chi connectivity index (χ4n) is 1.72. The van der Waals surface area contributed by atoms with Gasteiger partial charge in [-0.15, -0.1) is 0 Å². The molecule has 0 unspecified atom stereocenters. The van der Waals surface area contributed by atoms with Gasteiger partial charge in [-0.1, -0.05) is 6.92 Å². The minimum absolute atomic E-state index is 0.747. The Labute approximate surface area is 84.7 Å². The topological polar surface area (TPSA) is 25.4 Å². The molecule has 0 fully saturated rings. The van der Waals surface area contributed by atoms with Crippen LogP contribution < -0.4 is 4.74 Å². The molecule has 1 aliphatic heterocycles. The van der Waals surface area contributed by atoms with E-state index in [4.69, 9.17) is 4.74 Å². The highest BCUT2D eigenvalue weighted by atomic mass is 16.5. The quantitative estimate of drug-likeness (QED) is 0.676. The highest BCUT2D eigenvalue weighted by molar-refractivity contribution is 5.33. The van der Waals surface area contributed by atoms with Crippen molar-refractivity contribution in [2.45, 2.75) is 20.4 Å². The van der Waals surface area contributed by atoms with Crippen LogP contribution in [0.4, 0.5) is 0 Å². The van der Waals surface area contributed by atoms with Crippen molar-refractivity contribution in [2.24, 2.45) is 0 Å². The first kappa shape index (κ1) is 9.46. The first-order valence-corrected chi connectivity index (χ1v) is 5.11. The summed E-state index contributed by atoms with van der Waals surface area (Å²) in [6.07, 6.45) is 1.82. The summed E-state index contributed by atoms with van der Waals surface area (Å²) in [4.78, 5) is 6.64. The summed E-state index contributed by atoms with van der Waals surface area (Å²) in [6, 6.07) is 2.04. The van der Waals surface area contributed by atoms with Gasteiger partial charge in [0, 0.05) is 24.8 Å². The molecule has 3 nitrogen and oxygen atoms in total. The molecule has 2 rings (SSSR count). The fraction of sp³-hybridized carbons (Fsp3) is 0.545. The van der Waals surface area contributed by atoms with Crippen molar-refractivity contribution < 1.29 is 4.74 Å². The Morgan fingerprint density at radius 3 is 3.21 bits per heavy atom. The molecule has 0 radical (unpaired) electrons. The maximum Gasteiger partial charge on any atom is 0.218 e. The van der Waals surface area contributed by atoms with Gasteiger partial charge in [0.2, 0.25) is 5.88 Å². The SMILES string of the molecule is CCN1CCOc2nccc(C)c2C1. The van der Waals surface area contributed by atoms with E-state index in [2.05, 4.69) is 23.7 Å². The number of hydrogen-bond donors (Lipinski definition) is 0. The van der Waals surface area contributed by atoms with Crippen LogP contribution in [0, 0.1) is 6.92 Å². The van der Waals surface area contributed by atoms with Gasteiger partial charge in [-0.05, 0) is 25.1 Å². The first-order valence-electron chi connectivity index (χ1n) is 5.11. The lowest BCUT2D eigenvalue weighted by Crippen LogP contribution is -2.25. The van der Waals surface area contributed by atoms with Gasteiger partial charge in [0.1, 0.15) is 6.61 Å². The van der Waals surface area contributed by atoms with E-state index >= 15 is 0 Å². The summed E-state index contributed by atoms with van der Waals surface area (Å²) >= 11 is 0. The fourth-order valence-corrected chi connectivity index (χ4v) is 1.72. The Balaban J connectivity index is 2.33. The maximum atomic E-state index is 5.61. The third-order valence-electron chi connectivity index (χ3n) is 2.73. The standard InChI is InChI=1S/C11H16N2O/c1-3-13-6-7-14-11-10(8-13)9(2)4-5-12-11/h4-5H,3,6-8H2,1-2H3. The summed E-state index contributed by atoms with van der Waals surface area (Å²) in [7, 11) is 0. The van der Waals surface area contributed by atoms with E-state index < -0.39 is 0 Å². The van der Waals surface area contributed by atoms with Crippen molar-refractivity contribution in [2.75, 3.05) is 19.7 Å². The second-order valence-corrected chi connectivity index (χ2v) is 3.63. The summed E-state index contributed by atoms with van der Waals surface area (Å²) in [5.41, 5.74) is 2.52. The smallest absolute Gasteiger partial charge is 0.218 e. The molecule has 2 heterocycles. The Kier molecular flexibility index (Phi) is 2.68. The molecule has 0 amide bonds. The number of hydrogen-bond acceptors (Lipinski definition) is 3. The number of likely N-dealkylation sites (N-methyl/N-ethyl adjacent to an activating group) is 1. The van der Waals surface area contributed by atoms with Crippen LogP contribution in [0.2, 0.25) is 0 Å². The molecule has 0 atom stereocenters. The minimum atomic E-state index is 0.747. The summed E-state index contributed by atoms with van der Waals surface area (Å²) in [5.74, 6) is 0.820. The van der Waals surface area contributed by atoms with E-state index in [0.29, 0.717) is 0 Å². The molecule has 14 heavy (non-hydrogen) atoms. The minimum Gasteiger partial charge on any atom is -0.476 e. The predicted molar refractivity (Wildman–Crippen MR) is 55.4 cm³/mol. The molecule has 0 aromatic carbocycles. The molecule has 0 saturated carbocycles. The van der Waals surface area contributed by atoms with Crippen molar-refractivity contribution in [1.29, 1.82) is 0 Å². The number of ether oxygens (including phenoxy) is 1. The second kappa shape index (κ2) is 3.96. The van der Waals surface area contributed by atoms with Gasteiger partial charge in [-0.25, -0.2) is 4.98 Å². The van der Waals surface area contributed by atoms with Gasteiger partial charge in [-0.3, -0.25) is 4.90 Å². The molecular weight excluding hydrogens is 176 g/mol. The predicted octanol–water partition coefficient (Wildman–Crippen LogP) is 1.60. The van der Waals surface area contributed by atoms with Crippen molar-refractivity contribution >= 4 is 0 Å². The van der Waals surface area contributed by atoms with Crippen LogP contribution in [0.25, 0.3) is 0 Å². The van der Waals surface area contributed by atoms with Crippen LogP contribution in [0.1, 0.15) is 18.1 Å². The molecule has 3 heteroatoms. The number of rotatable bonds is 1. The van der Waals surface area contributed by atoms with E-state index in [0.717, 1.165) is 32.1 Å². The Morgan fingerprint density at radius 2 is 2.43 bits per heavy atom. The van der Waals surface area contributed by atoms with Crippen LogP contribution >= 0.6 is 0 Å². The summed E-state index contributed by atoms with van der Waals surface area (Å²) < 4.78 is 5.61. The number of aromatic nitrogens is 1. The Morgan fingerprint density at radius 1 is 1.57 bits per heavy atom. The normalized spacial score (nSPS) is 17.0. The molecule has 0 bridgehead atoms. The average Bonchev–Trinajstić information content (AvgIpc) is 2.40. The lowest BCUT2D eigenvalue weighted by atomic mass is 10.1. The van der Waals surface area contributed by atoms with Gasteiger partial charge in [0.15, 0.2) is 0 Å². The van der Waals surface area contributed by atoms with E-state index in [9.17, 15) is 0 Å². The lowest BCUT2D eigenvalue weighted by molar-refractivity contribution is 0.231. The molecule has 0 saturated heterocycles. The summed E-state index contributed by atoms with van der Waals surface area (Å²) in [5, 5.41) is 0. The monoisotopic (exact) mass is 192 g/mol. The largest absolute Gasteiger partial charge is 0.476 e. The number of pyridine rings is 1. The van der Waals surface area contributed by atoms with E-state index in [-0.39, 0.29) is 0 Å².